The van der Waals surface area contributed by atoms with Gasteiger partial charge in [0.15, 0.2) is 0 Å². The minimum atomic E-state index is -3.46. The van der Waals surface area contributed by atoms with Crippen LogP contribution in [0.2, 0.25) is 0 Å². The van der Waals surface area contributed by atoms with Gasteiger partial charge in [-0.15, -0.1) is 0 Å². The molecule has 0 saturated carbocycles. The number of nitrogens with one attached hydrogen (secondary N) is 1. The number of hydrogen-bond acceptors (Lipinski definition) is 6. The first-order valence-corrected chi connectivity index (χ1v) is 13.3. The minimum Gasteiger partial charge on any atom is -0.488 e. The first-order valence-electron chi connectivity index (χ1n) is 11.5. The second-order valence-electron chi connectivity index (χ2n) is 9.27. The number of likely N-dealkylation sites (N-methyl/N-ethyl adjacent to an activating group) is 1. The van der Waals surface area contributed by atoms with Crippen molar-refractivity contribution in [1.82, 2.24) is 9.80 Å². The van der Waals surface area contributed by atoms with Crippen molar-refractivity contribution in [3.8, 4) is 5.75 Å². The van der Waals surface area contributed by atoms with Crippen molar-refractivity contribution in [1.29, 1.82) is 0 Å². The molecule has 2 N–H and O–H groups in total. The highest BCUT2D eigenvalue weighted by molar-refractivity contribution is 7.92. The number of carbonyl (C=O) groups is 1. The van der Waals surface area contributed by atoms with Crippen LogP contribution in [0.25, 0.3) is 0 Å². The van der Waals surface area contributed by atoms with E-state index in [0.29, 0.717) is 30.1 Å². The molecule has 0 fully saturated rings. The number of fused-ring (bicyclic) bond motifs is 1. The molecule has 2 aromatic rings. The standard InChI is InChI=1S/C25H35N3O5S/c1-18-14-28(19(2)17-29)25(30)13-21-12-22(26-34(4,31)32)10-11-23(21)33-24(18)16-27(3)15-20-8-6-5-7-9-20/h5-12,18-19,24,26,29H,13-17H2,1-4H3/t18-,19+,24-/m1/s1. The zero-order chi connectivity index (χ0) is 24.9. The lowest BCUT2D eigenvalue weighted by Crippen LogP contribution is -2.47. The number of aliphatic hydroxyl groups is 1. The summed E-state index contributed by atoms with van der Waals surface area (Å²) >= 11 is 0. The Balaban J connectivity index is 1.91. The monoisotopic (exact) mass is 489 g/mol. The van der Waals surface area contributed by atoms with Crippen LogP contribution in [0.1, 0.15) is 25.0 Å². The summed E-state index contributed by atoms with van der Waals surface area (Å²) in [5.41, 5.74) is 2.19. The van der Waals surface area contributed by atoms with Crippen molar-refractivity contribution in [2.75, 3.05) is 37.7 Å². The Morgan fingerprint density at radius 3 is 2.59 bits per heavy atom. The van der Waals surface area contributed by atoms with Gasteiger partial charge in [-0.25, -0.2) is 8.42 Å². The molecule has 0 saturated heterocycles. The van der Waals surface area contributed by atoms with E-state index in [1.807, 2.05) is 32.2 Å². The fourth-order valence-electron chi connectivity index (χ4n) is 4.19. The average molecular weight is 490 g/mol. The van der Waals surface area contributed by atoms with E-state index in [1.165, 1.54) is 5.56 Å². The summed E-state index contributed by atoms with van der Waals surface area (Å²) < 4.78 is 32.4. The topological polar surface area (TPSA) is 99.2 Å². The highest BCUT2D eigenvalue weighted by Crippen LogP contribution is 2.29. The first kappa shape index (κ1) is 26.0. The number of aliphatic hydroxyl groups excluding tert-OH is 1. The molecule has 34 heavy (non-hydrogen) atoms. The van der Waals surface area contributed by atoms with Crippen LogP contribution in [-0.4, -0.2) is 74.4 Å². The van der Waals surface area contributed by atoms with E-state index in [0.717, 1.165) is 12.8 Å². The largest absolute Gasteiger partial charge is 0.488 e. The summed E-state index contributed by atoms with van der Waals surface area (Å²) in [4.78, 5) is 17.1. The predicted octanol–water partition coefficient (Wildman–Crippen LogP) is 2.34. The molecule has 0 spiro atoms. The van der Waals surface area contributed by atoms with E-state index in [9.17, 15) is 18.3 Å². The molecule has 1 heterocycles. The van der Waals surface area contributed by atoms with E-state index < -0.39 is 10.0 Å². The van der Waals surface area contributed by atoms with Crippen molar-refractivity contribution >= 4 is 21.6 Å². The highest BCUT2D eigenvalue weighted by atomic mass is 32.2. The van der Waals surface area contributed by atoms with E-state index in [-0.39, 0.29) is 37.0 Å². The number of amides is 1. The zero-order valence-electron chi connectivity index (χ0n) is 20.3. The van der Waals surface area contributed by atoms with Crippen LogP contribution in [0, 0.1) is 5.92 Å². The van der Waals surface area contributed by atoms with Gasteiger partial charge < -0.3 is 14.7 Å². The lowest BCUT2D eigenvalue weighted by molar-refractivity contribution is -0.134. The number of benzene rings is 2. The summed E-state index contributed by atoms with van der Waals surface area (Å²) in [5.74, 6) is 0.430. The molecule has 1 aliphatic rings. The van der Waals surface area contributed by atoms with Crippen molar-refractivity contribution < 1.29 is 23.1 Å². The Morgan fingerprint density at radius 2 is 1.94 bits per heavy atom. The van der Waals surface area contributed by atoms with Crippen molar-refractivity contribution in [2.24, 2.45) is 5.92 Å². The van der Waals surface area contributed by atoms with E-state index >= 15 is 0 Å². The van der Waals surface area contributed by atoms with Crippen LogP contribution in [0.15, 0.2) is 48.5 Å². The van der Waals surface area contributed by atoms with Gasteiger partial charge in [0.05, 0.1) is 25.3 Å². The van der Waals surface area contributed by atoms with Gasteiger partial charge in [-0.2, -0.15) is 0 Å². The molecule has 1 aliphatic heterocycles. The Morgan fingerprint density at radius 1 is 1.24 bits per heavy atom. The molecule has 0 aliphatic carbocycles. The molecule has 2 aromatic carbocycles. The van der Waals surface area contributed by atoms with Gasteiger partial charge >= 0.3 is 0 Å². The summed E-state index contributed by atoms with van der Waals surface area (Å²) in [6.45, 7) is 5.58. The van der Waals surface area contributed by atoms with Gasteiger partial charge in [0.1, 0.15) is 11.9 Å². The number of hydrogen-bond donors (Lipinski definition) is 2. The van der Waals surface area contributed by atoms with Gasteiger partial charge in [-0.1, -0.05) is 37.3 Å². The molecule has 0 radical (unpaired) electrons. The second kappa shape index (κ2) is 11.2. The van der Waals surface area contributed by atoms with Gasteiger partial charge in [-0.3, -0.25) is 14.4 Å². The third-order valence-corrected chi connectivity index (χ3v) is 6.61. The molecule has 0 unspecified atom stereocenters. The van der Waals surface area contributed by atoms with Gasteiger partial charge in [0, 0.05) is 36.8 Å². The summed E-state index contributed by atoms with van der Waals surface area (Å²) in [7, 11) is -1.42. The minimum absolute atomic E-state index is 0.00376. The van der Waals surface area contributed by atoms with E-state index in [4.69, 9.17) is 4.74 Å². The summed E-state index contributed by atoms with van der Waals surface area (Å²) in [6.07, 6.45) is 0.917. The maximum atomic E-state index is 13.2. The Bertz CT molecular complexity index is 1080. The number of sulfonamides is 1. The molecule has 0 bridgehead atoms. The second-order valence-corrected chi connectivity index (χ2v) is 11.0. The Kier molecular flexibility index (Phi) is 8.57. The smallest absolute Gasteiger partial charge is 0.229 e. The van der Waals surface area contributed by atoms with Crippen LogP contribution in [0.4, 0.5) is 5.69 Å². The lowest BCUT2D eigenvalue weighted by atomic mass is 10.0. The molecular weight excluding hydrogens is 454 g/mol. The zero-order valence-corrected chi connectivity index (χ0v) is 21.1. The number of carbonyl (C=O) groups excluding carboxylic acids is 1. The first-order chi connectivity index (χ1) is 16.1. The number of ether oxygens (including phenoxy) is 1. The number of anilines is 1. The van der Waals surface area contributed by atoms with Gasteiger partial charge in [0.2, 0.25) is 15.9 Å². The highest BCUT2D eigenvalue weighted by Gasteiger charge is 2.31. The summed E-state index contributed by atoms with van der Waals surface area (Å²) in [6, 6.07) is 14.9. The SMILES string of the molecule is C[C@@H]1CN([C@@H](C)CO)C(=O)Cc2cc(NS(C)(=O)=O)ccc2O[C@@H]1CN(C)Cc1ccccc1. The van der Waals surface area contributed by atoms with Crippen LogP contribution in [0.3, 0.4) is 0 Å². The maximum absolute atomic E-state index is 13.2. The van der Waals surface area contributed by atoms with Gasteiger partial charge in [0.25, 0.3) is 0 Å². The molecule has 8 nitrogen and oxygen atoms in total. The molecule has 3 rings (SSSR count). The molecule has 1 amide bonds. The van der Waals surface area contributed by atoms with Crippen molar-refractivity contribution in [3.63, 3.8) is 0 Å². The molecule has 9 heteroatoms. The third-order valence-electron chi connectivity index (χ3n) is 6.01. The van der Waals surface area contributed by atoms with E-state index in [1.54, 1.807) is 23.1 Å². The number of rotatable bonds is 8. The molecule has 3 atom stereocenters. The van der Waals surface area contributed by atoms with Crippen LogP contribution in [0.5, 0.6) is 5.75 Å². The molecular formula is C25H35N3O5S. The molecule has 0 aromatic heterocycles. The Labute approximate surface area is 202 Å². The molecule has 186 valence electrons. The van der Waals surface area contributed by atoms with Crippen LogP contribution < -0.4 is 9.46 Å². The average Bonchev–Trinajstić information content (AvgIpc) is 2.81. The quantitative estimate of drug-likeness (QED) is 0.591. The predicted molar refractivity (Wildman–Crippen MR) is 133 cm³/mol. The van der Waals surface area contributed by atoms with Crippen LogP contribution in [-0.2, 0) is 27.8 Å². The van der Waals surface area contributed by atoms with Crippen molar-refractivity contribution in [2.45, 2.75) is 39.0 Å². The normalized spacial score (nSPS) is 20.1. The van der Waals surface area contributed by atoms with Gasteiger partial charge in [-0.05, 0) is 37.7 Å². The summed E-state index contributed by atoms with van der Waals surface area (Å²) in [5, 5.41) is 9.76. The maximum Gasteiger partial charge on any atom is 0.229 e. The third kappa shape index (κ3) is 7.19. The fourth-order valence-corrected chi connectivity index (χ4v) is 4.75. The lowest BCUT2D eigenvalue weighted by Gasteiger charge is -2.34. The Hall–Kier alpha value is -2.62. The number of nitrogens with zero attached hydrogens (tertiary/aromatic N) is 2. The fraction of sp³-hybridized carbons (Fsp3) is 0.480. The van der Waals surface area contributed by atoms with E-state index in [2.05, 4.69) is 28.7 Å². The van der Waals surface area contributed by atoms with Crippen molar-refractivity contribution in [3.05, 3.63) is 59.7 Å². The van der Waals surface area contributed by atoms with Crippen LogP contribution >= 0.6 is 0 Å².